The average Bonchev–Trinajstić information content (AvgIpc) is 2.27. The minimum atomic E-state index is -0.181. The predicted octanol–water partition coefficient (Wildman–Crippen LogP) is 3.08. The Labute approximate surface area is 101 Å². The normalized spacial score (nSPS) is 22.3. The molecule has 1 unspecified atom stereocenters. The number of hydrogen-bond donors (Lipinski definition) is 2. The first-order valence-electron chi connectivity index (χ1n) is 7.03. The lowest BCUT2D eigenvalue weighted by molar-refractivity contribution is 0.123. The van der Waals surface area contributed by atoms with Crippen LogP contribution < -0.4 is 5.73 Å². The van der Waals surface area contributed by atoms with E-state index in [1.165, 1.54) is 32.1 Å². The highest BCUT2D eigenvalue weighted by molar-refractivity contribution is 4.78. The highest BCUT2D eigenvalue weighted by Crippen LogP contribution is 2.27. The fourth-order valence-electron chi connectivity index (χ4n) is 2.71. The van der Waals surface area contributed by atoms with Crippen molar-refractivity contribution < 1.29 is 5.11 Å². The first-order valence-corrected chi connectivity index (χ1v) is 7.03. The molecule has 3 N–H and O–H groups in total. The van der Waals surface area contributed by atoms with Gasteiger partial charge in [0.05, 0.1) is 6.10 Å². The Kier molecular flexibility index (Phi) is 6.37. The highest BCUT2D eigenvalue weighted by Gasteiger charge is 2.22. The van der Waals surface area contributed by atoms with Crippen LogP contribution in [0.15, 0.2) is 0 Å². The summed E-state index contributed by atoms with van der Waals surface area (Å²) in [4.78, 5) is 0. The van der Waals surface area contributed by atoms with E-state index in [4.69, 9.17) is 5.73 Å². The van der Waals surface area contributed by atoms with Crippen molar-refractivity contribution >= 4 is 0 Å². The lowest BCUT2D eigenvalue weighted by Gasteiger charge is -2.29. The number of rotatable bonds is 6. The molecule has 0 spiro atoms. The Hall–Kier alpha value is -0.0800. The second-order valence-corrected chi connectivity index (χ2v) is 5.92. The van der Waals surface area contributed by atoms with Crippen molar-refractivity contribution in [1.29, 1.82) is 0 Å². The number of nitrogens with two attached hydrogens (primary N) is 1. The van der Waals surface area contributed by atoms with Gasteiger partial charge in [-0.3, -0.25) is 0 Å². The van der Waals surface area contributed by atoms with Crippen molar-refractivity contribution in [2.75, 3.05) is 0 Å². The summed E-state index contributed by atoms with van der Waals surface area (Å²) in [6.45, 7) is 4.40. The molecule has 1 fully saturated rings. The van der Waals surface area contributed by atoms with Crippen LogP contribution in [0, 0.1) is 11.8 Å². The molecule has 0 saturated heterocycles. The van der Waals surface area contributed by atoms with E-state index in [2.05, 4.69) is 13.8 Å². The van der Waals surface area contributed by atoms with E-state index in [-0.39, 0.29) is 12.1 Å². The van der Waals surface area contributed by atoms with Crippen LogP contribution in [0.5, 0.6) is 0 Å². The van der Waals surface area contributed by atoms with Crippen LogP contribution in [0.2, 0.25) is 0 Å². The Morgan fingerprint density at radius 2 is 1.75 bits per heavy atom. The van der Waals surface area contributed by atoms with Gasteiger partial charge in [-0.05, 0) is 43.9 Å². The molecule has 1 rings (SSSR count). The monoisotopic (exact) mass is 227 g/mol. The second-order valence-electron chi connectivity index (χ2n) is 5.92. The first kappa shape index (κ1) is 14.0. The van der Waals surface area contributed by atoms with Gasteiger partial charge in [-0.25, -0.2) is 0 Å². The van der Waals surface area contributed by atoms with Crippen LogP contribution >= 0.6 is 0 Å². The van der Waals surface area contributed by atoms with Crippen molar-refractivity contribution in [3.63, 3.8) is 0 Å². The molecule has 0 heterocycles. The molecule has 0 bridgehead atoms. The maximum absolute atomic E-state index is 9.92. The molecule has 2 heteroatoms. The summed E-state index contributed by atoms with van der Waals surface area (Å²) in [6.07, 6.45) is 9.24. The van der Waals surface area contributed by atoms with Gasteiger partial charge >= 0.3 is 0 Å². The molecule has 96 valence electrons. The van der Waals surface area contributed by atoms with Crippen molar-refractivity contribution in [3.8, 4) is 0 Å². The molecule has 2 atom stereocenters. The van der Waals surface area contributed by atoms with Crippen molar-refractivity contribution in [3.05, 3.63) is 0 Å². The third-order valence-corrected chi connectivity index (χ3v) is 3.88. The minimum Gasteiger partial charge on any atom is -0.393 e. The van der Waals surface area contributed by atoms with Gasteiger partial charge in [-0.15, -0.1) is 0 Å². The summed E-state index contributed by atoms with van der Waals surface area (Å²) < 4.78 is 0. The summed E-state index contributed by atoms with van der Waals surface area (Å²) >= 11 is 0. The van der Waals surface area contributed by atoms with E-state index in [0.717, 1.165) is 19.3 Å². The molecule has 0 amide bonds. The zero-order chi connectivity index (χ0) is 12.0. The molecule has 2 nitrogen and oxygen atoms in total. The van der Waals surface area contributed by atoms with Crippen LogP contribution in [-0.4, -0.2) is 17.3 Å². The molecular formula is C14H29NO. The second kappa shape index (κ2) is 7.29. The fourth-order valence-corrected chi connectivity index (χ4v) is 2.71. The van der Waals surface area contributed by atoms with Gasteiger partial charge < -0.3 is 10.8 Å². The smallest absolute Gasteiger partial charge is 0.0555 e. The first-order chi connectivity index (χ1) is 7.59. The lowest BCUT2D eigenvalue weighted by Crippen LogP contribution is -2.35. The lowest BCUT2D eigenvalue weighted by atomic mass is 9.82. The van der Waals surface area contributed by atoms with Crippen LogP contribution in [0.1, 0.15) is 65.2 Å². The van der Waals surface area contributed by atoms with Gasteiger partial charge in [0.1, 0.15) is 0 Å². The van der Waals surface area contributed by atoms with Crippen molar-refractivity contribution in [2.45, 2.75) is 77.4 Å². The molecule has 0 radical (unpaired) electrons. The Balaban J connectivity index is 2.18. The quantitative estimate of drug-likeness (QED) is 0.732. The summed E-state index contributed by atoms with van der Waals surface area (Å²) in [5.74, 6) is 1.35. The van der Waals surface area contributed by atoms with E-state index in [1.54, 1.807) is 0 Å². The largest absolute Gasteiger partial charge is 0.393 e. The topological polar surface area (TPSA) is 46.2 Å². The SMILES string of the molecule is CC(C)CC[C@H](O)CC(N)C1CCCCC1. The van der Waals surface area contributed by atoms with Gasteiger partial charge in [0, 0.05) is 6.04 Å². The number of hydrogen-bond acceptors (Lipinski definition) is 2. The Morgan fingerprint density at radius 1 is 1.12 bits per heavy atom. The molecule has 0 aromatic rings. The summed E-state index contributed by atoms with van der Waals surface area (Å²) in [5, 5.41) is 9.92. The molecule has 1 aliphatic rings. The standard InChI is InChI=1S/C14H29NO/c1-11(2)8-9-13(16)10-14(15)12-6-4-3-5-7-12/h11-14,16H,3-10,15H2,1-2H3/t13-,14?/m0/s1. The van der Waals surface area contributed by atoms with Crippen molar-refractivity contribution in [1.82, 2.24) is 0 Å². The van der Waals surface area contributed by atoms with Gasteiger partial charge in [0.25, 0.3) is 0 Å². The van der Waals surface area contributed by atoms with Crippen LogP contribution in [0.3, 0.4) is 0 Å². The summed E-state index contributed by atoms with van der Waals surface area (Å²) in [6, 6.07) is 0.225. The number of aliphatic hydroxyl groups is 1. The fraction of sp³-hybridized carbons (Fsp3) is 1.00. The Morgan fingerprint density at radius 3 is 2.31 bits per heavy atom. The van der Waals surface area contributed by atoms with Gasteiger partial charge in [0.2, 0.25) is 0 Å². The highest BCUT2D eigenvalue weighted by atomic mass is 16.3. The Bertz CT molecular complexity index is 176. The van der Waals surface area contributed by atoms with Crippen LogP contribution in [0.4, 0.5) is 0 Å². The molecule has 0 aromatic heterocycles. The average molecular weight is 227 g/mol. The summed E-state index contributed by atoms with van der Waals surface area (Å²) in [5.41, 5.74) is 6.20. The van der Waals surface area contributed by atoms with E-state index >= 15 is 0 Å². The molecule has 16 heavy (non-hydrogen) atoms. The zero-order valence-electron chi connectivity index (χ0n) is 11.0. The third kappa shape index (κ3) is 5.31. The van der Waals surface area contributed by atoms with E-state index in [1.807, 2.05) is 0 Å². The van der Waals surface area contributed by atoms with Gasteiger partial charge in [0.15, 0.2) is 0 Å². The predicted molar refractivity (Wildman–Crippen MR) is 69.2 cm³/mol. The molecule has 1 aliphatic carbocycles. The van der Waals surface area contributed by atoms with Crippen LogP contribution in [-0.2, 0) is 0 Å². The van der Waals surface area contributed by atoms with E-state index < -0.39 is 0 Å². The maximum Gasteiger partial charge on any atom is 0.0555 e. The number of aliphatic hydroxyl groups excluding tert-OH is 1. The van der Waals surface area contributed by atoms with Gasteiger partial charge in [-0.1, -0.05) is 33.1 Å². The zero-order valence-corrected chi connectivity index (χ0v) is 11.0. The van der Waals surface area contributed by atoms with Gasteiger partial charge in [-0.2, -0.15) is 0 Å². The maximum atomic E-state index is 9.92. The molecule has 0 aromatic carbocycles. The summed E-state index contributed by atoms with van der Waals surface area (Å²) in [7, 11) is 0. The van der Waals surface area contributed by atoms with Crippen LogP contribution in [0.25, 0.3) is 0 Å². The van der Waals surface area contributed by atoms with E-state index in [0.29, 0.717) is 11.8 Å². The van der Waals surface area contributed by atoms with Crippen molar-refractivity contribution in [2.24, 2.45) is 17.6 Å². The molecule has 0 aliphatic heterocycles. The molecule has 1 saturated carbocycles. The minimum absolute atomic E-state index is 0.181. The third-order valence-electron chi connectivity index (χ3n) is 3.88. The molecular weight excluding hydrogens is 198 g/mol. The van der Waals surface area contributed by atoms with E-state index in [9.17, 15) is 5.11 Å².